The van der Waals surface area contributed by atoms with Crippen molar-refractivity contribution in [3.05, 3.63) is 59.7 Å². The summed E-state index contributed by atoms with van der Waals surface area (Å²) in [7, 11) is -3.52. The van der Waals surface area contributed by atoms with Gasteiger partial charge in [0.25, 0.3) is 5.91 Å². The Balaban J connectivity index is 1.69. The van der Waals surface area contributed by atoms with Gasteiger partial charge in [-0.15, -0.1) is 10.2 Å². The summed E-state index contributed by atoms with van der Waals surface area (Å²) in [4.78, 5) is 12.5. The molecule has 0 saturated heterocycles. The SMILES string of the molecule is CCOc1ccc(N(Cc2ccc(C(=O)Nc3nnc(SC(C)C)s3)cc2)S(C)(=O)=O)cc1. The molecular formula is C22H26N4O4S3. The van der Waals surface area contributed by atoms with E-state index in [-0.39, 0.29) is 12.5 Å². The van der Waals surface area contributed by atoms with E-state index in [9.17, 15) is 13.2 Å². The lowest BCUT2D eigenvalue weighted by atomic mass is 10.1. The zero-order valence-corrected chi connectivity index (χ0v) is 21.3. The van der Waals surface area contributed by atoms with E-state index in [2.05, 4.69) is 29.4 Å². The fraction of sp³-hybridized carbons (Fsp3) is 0.318. The van der Waals surface area contributed by atoms with E-state index in [0.717, 1.165) is 9.90 Å². The zero-order valence-electron chi connectivity index (χ0n) is 18.8. The number of aromatic nitrogens is 2. The highest BCUT2D eigenvalue weighted by Gasteiger charge is 2.18. The molecule has 11 heteroatoms. The number of ether oxygens (including phenoxy) is 1. The molecule has 1 aromatic heterocycles. The third-order valence-electron chi connectivity index (χ3n) is 4.34. The summed E-state index contributed by atoms with van der Waals surface area (Å²) in [5.41, 5.74) is 1.73. The maximum absolute atomic E-state index is 12.5. The van der Waals surface area contributed by atoms with Gasteiger partial charge in [-0.05, 0) is 48.9 Å². The Morgan fingerprint density at radius 2 is 1.79 bits per heavy atom. The average molecular weight is 507 g/mol. The van der Waals surface area contributed by atoms with Crippen molar-refractivity contribution in [1.82, 2.24) is 10.2 Å². The van der Waals surface area contributed by atoms with Crippen LogP contribution in [0.2, 0.25) is 0 Å². The molecule has 2 aromatic carbocycles. The molecular weight excluding hydrogens is 480 g/mol. The van der Waals surface area contributed by atoms with Crippen molar-refractivity contribution in [2.75, 3.05) is 22.5 Å². The number of carbonyl (C=O) groups is 1. The van der Waals surface area contributed by atoms with Crippen molar-refractivity contribution >= 4 is 49.8 Å². The van der Waals surface area contributed by atoms with Crippen LogP contribution >= 0.6 is 23.1 Å². The first kappa shape index (κ1) is 25.0. The number of carbonyl (C=O) groups excluding carboxylic acids is 1. The van der Waals surface area contributed by atoms with Crippen LogP contribution in [-0.2, 0) is 16.6 Å². The van der Waals surface area contributed by atoms with Crippen LogP contribution in [0.4, 0.5) is 10.8 Å². The average Bonchev–Trinajstić information content (AvgIpc) is 3.18. The van der Waals surface area contributed by atoms with Gasteiger partial charge >= 0.3 is 0 Å². The van der Waals surface area contributed by atoms with Gasteiger partial charge in [0.15, 0.2) is 4.34 Å². The van der Waals surface area contributed by atoms with Gasteiger partial charge in [0.05, 0.1) is 25.1 Å². The molecule has 0 unspecified atom stereocenters. The molecule has 3 rings (SSSR count). The standard InChI is InChI=1S/C22H26N4O4S3/c1-5-30-19-12-10-18(11-13-19)26(33(4,28)29)14-16-6-8-17(9-7-16)20(27)23-21-24-25-22(32-21)31-15(2)3/h6-13,15H,5,14H2,1-4H3,(H,23,24,27). The molecule has 0 aliphatic heterocycles. The number of anilines is 2. The minimum Gasteiger partial charge on any atom is -0.494 e. The molecule has 176 valence electrons. The van der Waals surface area contributed by atoms with Crippen LogP contribution in [0, 0.1) is 0 Å². The Labute approximate surface area is 202 Å². The Kier molecular flexibility index (Phi) is 8.33. The predicted octanol–water partition coefficient (Wildman–Crippen LogP) is 4.66. The minimum absolute atomic E-state index is 0.140. The molecule has 0 bridgehead atoms. The van der Waals surface area contributed by atoms with Crippen molar-refractivity contribution in [3.8, 4) is 5.75 Å². The monoisotopic (exact) mass is 506 g/mol. The van der Waals surface area contributed by atoms with Crippen molar-refractivity contribution in [2.24, 2.45) is 0 Å². The molecule has 3 aromatic rings. The van der Waals surface area contributed by atoms with Gasteiger partial charge in [-0.3, -0.25) is 14.4 Å². The van der Waals surface area contributed by atoms with E-state index in [4.69, 9.17) is 4.74 Å². The second kappa shape index (κ2) is 11.0. The topological polar surface area (TPSA) is 101 Å². The van der Waals surface area contributed by atoms with E-state index in [0.29, 0.717) is 34.0 Å². The molecule has 33 heavy (non-hydrogen) atoms. The number of thioether (sulfide) groups is 1. The predicted molar refractivity (Wildman–Crippen MR) is 134 cm³/mol. The van der Waals surface area contributed by atoms with E-state index in [1.807, 2.05) is 6.92 Å². The first-order valence-corrected chi connectivity index (χ1v) is 13.8. The number of hydrogen-bond donors (Lipinski definition) is 1. The third-order valence-corrected chi connectivity index (χ3v) is 7.41. The van der Waals surface area contributed by atoms with Crippen LogP contribution < -0.4 is 14.4 Å². The molecule has 0 aliphatic carbocycles. The summed E-state index contributed by atoms with van der Waals surface area (Å²) >= 11 is 2.91. The number of sulfonamides is 1. The largest absolute Gasteiger partial charge is 0.494 e. The highest BCUT2D eigenvalue weighted by molar-refractivity contribution is 8.01. The summed E-state index contributed by atoms with van der Waals surface area (Å²) in [5.74, 6) is 0.376. The molecule has 0 fully saturated rings. The fourth-order valence-electron chi connectivity index (χ4n) is 2.88. The molecule has 1 N–H and O–H groups in total. The van der Waals surface area contributed by atoms with Gasteiger partial charge in [-0.2, -0.15) is 0 Å². The molecule has 1 heterocycles. The number of nitrogens with one attached hydrogen (secondary N) is 1. The van der Waals surface area contributed by atoms with Crippen LogP contribution in [0.15, 0.2) is 52.9 Å². The lowest BCUT2D eigenvalue weighted by molar-refractivity contribution is 0.102. The summed E-state index contributed by atoms with van der Waals surface area (Å²) in [6, 6.07) is 13.7. The van der Waals surface area contributed by atoms with Crippen LogP contribution in [0.3, 0.4) is 0 Å². The van der Waals surface area contributed by atoms with Crippen LogP contribution in [0.5, 0.6) is 5.75 Å². The molecule has 0 spiro atoms. The Morgan fingerprint density at radius 1 is 1.12 bits per heavy atom. The Bertz CT molecular complexity index is 1180. The van der Waals surface area contributed by atoms with Gasteiger partial charge in [0.1, 0.15) is 5.75 Å². The van der Waals surface area contributed by atoms with Gasteiger partial charge in [-0.1, -0.05) is 49.1 Å². The second-order valence-corrected chi connectivity index (χ2v) is 12.1. The molecule has 0 saturated carbocycles. The molecule has 0 radical (unpaired) electrons. The molecule has 0 aliphatic rings. The lowest BCUT2D eigenvalue weighted by Crippen LogP contribution is -2.29. The smallest absolute Gasteiger partial charge is 0.257 e. The Morgan fingerprint density at radius 3 is 2.36 bits per heavy atom. The van der Waals surface area contributed by atoms with E-state index in [1.165, 1.54) is 21.9 Å². The molecule has 8 nitrogen and oxygen atoms in total. The maximum atomic E-state index is 12.5. The second-order valence-electron chi connectivity index (χ2n) is 7.39. The number of rotatable bonds is 10. The number of benzene rings is 2. The van der Waals surface area contributed by atoms with Crippen LogP contribution in [-0.4, -0.2) is 42.6 Å². The van der Waals surface area contributed by atoms with Gasteiger partial charge in [0, 0.05) is 10.8 Å². The number of hydrogen-bond acceptors (Lipinski definition) is 8. The van der Waals surface area contributed by atoms with Gasteiger partial charge in [0.2, 0.25) is 15.2 Å². The molecule has 1 amide bonds. The van der Waals surface area contributed by atoms with Crippen LogP contribution in [0.25, 0.3) is 0 Å². The quantitative estimate of drug-likeness (QED) is 0.315. The lowest BCUT2D eigenvalue weighted by Gasteiger charge is -2.23. The summed E-state index contributed by atoms with van der Waals surface area (Å²) in [6.45, 7) is 6.68. The highest BCUT2D eigenvalue weighted by Crippen LogP contribution is 2.29. The van der Waals surface area contributed by atoms with Gasteiger partial charge < -0.3 is 4.74 Å². The van der Waals surface area contributed by atoms with Crippen molar-refractivity contribution in [3.63, 3.8) is 0 Å². The minimum atomic E-state index is -3.52. The van der Waals surface area contributed by atoms with Crippen LogP contribution in [0.1, 0.15) is 36.7 Å². The normalized spacial score (nSPS) is 11.4. The third kappa shape index (κ3) is 7.18. The number of amides is 1. The fourth-order valence-corrected chi connectivity index (χ4v) is 5.74. The van der Waals surface area contributed by atoms with E-state index < -0.39 is 10.0 Å². The molecule has 0 atom stereocenters. The first-order chi connectivity index (χ1) is 15.7. The highest BCUT2D eigenvalue weighted by atomic mass is 32.2. The zero-order chi connectivity index (χ0) is 24.0. The van der Waals surface area contributed by atoms with Crippen molar-refractivity contribution < 1.29 is 17.9 Å². The first-order valence-electron chi connectivity index (χ1n) is 10.3. The summed E-state index contributed by atoms with van der Waals surface area (Å²) < 4.78 is 32.4. The van der Waals surface area contributed by atoms with Crippen molar-refractivity contribution in [1.29, 1.82) is 0 Å². The van der Waals surface area contributed by atoms with Crippen molar-refractivity contribution in [2.45, 2.75) is 36.9 Å². The Hall–Kier alpha value is -2.63. The van der Waals surface area contributed by atoms with Gasteiger partial charge in [-0.25, -0.2) is 8.42 Å². The van der Waals surface area contributed by atoms with E-state index >= 15 is 0 Å². The maximum Gasteiger partial charge on any atom is 0.257 e. The summed E-state index contributed by atoms with van der Waals surface area (Å²) in [6.07, 6.45) is 1.17. The van der Waals surface area contributed by atoms with E-state index in [1.54, 1.807) is 60.3 Å². The number of nitrogens with zero attached hydrogens (tertiary/aromatic N) is 3. The summed E-state index contributed by atoms with van der Waals surface area (Å²) in [5, 5.41) is 11.6.